The minimum atomic E-state index is -0.362. The Morgan fingerprint density at radius 1 is 1.19 bits per heavy atom. The second-order valence-corrected chi connectivity index (χ2v) is 6.04. The van der Waals surface area contributed by atoms with E-state index in [2.05, 4.69) is 5.32 Å². The van der Waals surface area contributed by atoms with Crippen LogP contribution >= 0.6 is 0 Å². The van der Waals surface area contributed by atoms with Crippen LogP contribution in [0.4, 0.5) is 0 Å². The molecule has 1 heterocycles. The number of ether oxygens (including phenoxy) is 1. The molecule has 2 fully saturated rings. The number of hydrogen-bond donors (Lipinski definition) is 1. The van der Waals surface area contributed by atoms with Crippen molar-refractivity contribution in [2.45, 2.75) is 64.5 Å². The molecule has 2 unspecified atom stereocenters. The van der Waals surface area contributed by atoms with Crippen molar-refractivity contribution in [2.75, 3.05) is 19.8 Å². The molecule has 1 aliphatic heterocycles. The molecule has 1 saturated carbocycles. The van der Waals surface area contributed by atoms with E-state index in [4.69, 9.17) is 4.74 Å². The summed E-state index contributed by atoms with van der Waals surface area (Å²) in [5.41, 5.74) is 0. The van der Waals surface area contributed by atoms with E-state index in [1.165, 1.54) is 19.3 Å². The maximum atomic E-state index is 12.6. The molecule has 120 valence electrons. The van der Waals surface area contributed by atoms with Crippen LogP contribution in [-0.4, -0.2) is 48.6 Å². The lowest BCUT2D eigenvalue weighted by atomic mass is 9.81. The number of carbonyl (C=O) groups excluding carboxylic acids is 2. The van der Waals surface area contributed by atoms with Crippen LogP contribution in [0, 0.1) is 5.92 Å². The number of hydrogen-bond acceptors (Lipinski definition) is 3. The predicted octanol–water partition coefficient (Wildman–Crippen LogP) is 1.71. The van der Waals surface area contributed by atoms with Gasteiger partial charge in [-0.15, -0.1) is 0 Å². The first-order valence-corrected chi connectivity index (χ1v) is 8.37. The first-order chi connectivity index (χ1) is 10.2. The van der Waals surface area contributed by atoms with Gasteiger partial charge in [-0.2, -0.15) is 0 Å². The lowest BCUT2D eigenvalue weighted by Crippen LogP contribution is -2.65. The summed E-state index contributed by atoms with van der Waals surface area (Å²) in [6.07, 6.45) is 6.32. The highest BCUT2D eigenvalue weighted by atomic mass is 16.5. The molecule has 1 aliphatic carbocycles. The minimum Gasteiger partial charge on any atom is -0.380 e. The van der Waals surface area contributed by atoms with Crippen molar-refractivity contribution in [3.8, 4) is 0 Å². The van der Waals surface area contributed by atoms with Gasteiger partial charge < -0.3 is 15.0 Å². The van der Waals surface area contributed by atoms with E-state index in [9.17, 15) is 9.59 Å². The molecule has 5 nitrogen and oxygen atoms in total. The van der Waals surface area contributed by atoms with Gasteiger partial charge in [0.05, 0.1) is 6.61 Å². The molecule has 1 N–H and O–H groups in total. The first-order valence-electron chi connectivity index (χ1n) is 8.37. The standard InChI is InChI=1S/C16H28N2O3/c1-3-13-16(20)18(10-11-21-4-2)14(15(19)17-13)12-8-6-5-7-9-12/h12-14H,3-11H2,1-2H3,(H,17,19). The topological polar surface area (TPSA) is 58.6 Å². The second kappa shape index (κ2) is 7.78. The number of carbonyl (C=O) groups is 2. The Bertz CT molecular complexity index is 367. The molecule has 2 amide bonds. The molecule has 2 atom stereocenters. The molecule has 2 rings (SSSR count). The Morgan fingerprint density at radius 3 is 2.52 bits per heavy atom. The van der Waals surface area contributed by atoms with E-state index in [1.54, 1.807) is 4.90 Å². The second-order valence-electron chi connectivity index (χ2n) is 6.04. The van der Waals surface area contributed by atoms with Gasteiger partial charge in [0.25, 0.3) is 0 Å². The molecule has 0 aromatic rings. The molecular formula is C16H28N2O3. The summed E-state index contributed by atoms with van der Waals surface area (Å²) in [6, 6.07) is -0.653. The summed E-state index contributed by atoms with van der Waals surface area (Å²) in [6.45, 7) is 5.55. The van der Waals surface area contributed by atoms with Crippen LogP contribution in [0.5, 0.6) is 0 Å². The van der Waals surface area contributed by atoms with Gasteiger partial charge in [0, 0.05) is 13.2 Å². The fourth-order valence-electron chi connectivity index (χ4n) is 3.55. The van der Waals surface area contributed by atoms with Crippen LogP contribution in [-0.2, 0) is 14.3 Å². The van der Waals surface area contributed by atoms with Crippen LogP contribution in [0.2, 0.25) is 0 Å². The zero-order chi connectivity index (χ0) is 15.2. The number of amides is 2. The van der Waals surface area contributed by atoms with E-state index < -0.39 is 0 Å². The Kier molecular flexibility index (Phi) is 6.03. The molecule has 0 bridgehead atoms. The minimum absolute atomic E-state index is 0.0323. The molecule has 21 heavy (non-hydrogen) atoms. The summed E-state index contributed by atoms with van der Waals surface area (Å²) in [5, 5.41) is 2.91. The molecule has 0 radical (unpaired) electrons. The largest absolute Gasteiger partial charge is 0.380 e. The van der Waals surface area contributed by atoms with Gasteiger partial charge in [-0.25, -0.2) is 0 Å². The monoisotopic (exact) mass is 296 g/mol. The van der Waals surface area contributed by atoms with Crippen LogP contribution in [0.15, 0.2) is 0 Å². The van der Waals surface area contributed by atoms with Gasteiger partial charge in [-0.3, -0.25) is 9.59 Å². The lowest BCUT2D eigenvalue weighted by molar-refractivity contribution is -0.153. The maximum absolute atomic E-state index is 12.6. The van der Waals surface area contributed by atoms with Crippen molar-refractivity contribution in [1.29, 1.82) is 0 Å². The van der Waals surface area contributed by atoms with Gasteiger partial charge in [0.1, 0.15) is 12.1 Å². The van der Waals surface area contributed by atoms with E-state index in [0.717, 1.165) is 12.8 Å². The third kappa shape index (κ3) is 3.76. The average molecular weight is 296 g/mol. The smallest absolute Gasteiger partial charge is 0.245 e. The quantitative estimate of drug-likeness (QED) is 0.759. The van der Waals surface area contributed by atoms with Gasteiger partial charge >= 0.3 is 0 Å². The summed E-state index contributed by atoms with van der Waals surface area (Å²) >= 11 is 0. The van der Waals surface area contributed by atoms with Crippen molar-refractivity contribution in [1.82, 2.24) is 10.2 Å². The highest BCUT2D eigenvalue weighted by molar-refractivity contribution is 5.97. The number of rotatable bonds is 6. The number of nitrogens with one attached hydrogen (secondary N) is 1. The van der Waals surface area contributed by atoms with Gasteiger partial charge in [-0.05, 0) is 32.1 Å². The highest BCUT2D eigenvalue weighted by Crippen LogP contribution is 2.31. The molecule has 0 aromatic carbocycles. The molecular weight excluding hydrogens is 268 g/mol. The van der Waals surface area contributed by atoms with E-state index in [-0.39, 0.29) is 23.9 Å². The van der Waals surface area contributed by atoms with Crippen LogP contribution in [0.25, 0.3) is 0 Å². The summed E-state index contributed by atoms with van der Waals surface area (Å²) in [7, 11) is 0. The van der Waals surface area contributed by atoms with Crippen molar-refractivity contribution >= 4 is 11.8 Å². The fraction of sp³-hybridized carbons (Fsp3) is 0.875. The average Bonchev–Trinajstić information content (AvgIpc) is 2.51. The lowest BCUT2D eigenvalue weighted by Gasteiger charge is -2.43. The van der Waals surface area contributed by atoms with Crippen LogP contribution in [0.1, 0.15) is 52.4 Å². The van der Waals surface area contributed by atoms with Crippen LogP contribution < -0.4 is 5.32 Å². The third-order valence-electron chi connectivity index (χ3n) is 4.69. The summed E-state index contributed by atoms with van der Waals surface area (Å²) in [4.78, 5) is 26.9. The van der Waals surface area contributed by atoms with Gasteiger partial charge in [-0.1, -0.05) is 26.2 Å². The van der Waals surface area contributed by atoms with Crippen molar-refractivity contribution in [3.63, 3.8) is 0 Å². The van der Waals surface area contributed by atoms with Crippen LogP contribution in [0.3, 0.4) is 0 Å². The predicted molar refractivity (Wildman–Crippen MR) is 80.8 cm³/mol. The zero-order valence-corrected chi connectivity index (χ0v) is 13.3. The SMILES string of the molecule is CCOCCN1C(=O)C(CC)NC(=O)C1C1CCCCC1. The first kappa shape index (κ1) is 16.3. The van der Waals surface area contributed by atoms with Gasteiger partial charge in [0.2, 0.25) is 11.8 Å². The van der Waals surface area contributed by atoms with E-state index in [1.807, 2.05) is 13.8 Å². The van der Waals surface area contributed by atoms with Crippen molar-refractivity contribution in [3.05, 3.63) is 0 Å². The molecule has 5 heteroatoms. The summed E-state index contributed by atoms with van der Waals surface area (Å²) in [5.74, 6) is 0.402. The number of piperazine rings is 1. The third-order valence-corrected chi connectivity index (χ3v) is 4.69. The zero-order valence-electron chi connectivity index (χ0n) is 13.3. The van der Waals surface area contributed by atoms with Crippen molar-refractivity contribution < 1.29 is 14.3 Å². The van der Waals surface area contributed by atoms with E-state index in [0.29, 0.717) is 32.1 Å². The molecule has 0 spiro atoms. The fourth-order valence-corrected chi connectivity index (χ4v) is 3.55. The highest BCUT2D eigenvalue weighted by Gasteiger charge is 2.43. The number of nitrogens with zero attached hydrogens (tertiary/aromatic N) is 1. The molecule has 2 aliphatic rings. The Hall–Kier alpha value is -1.10. The molecule has 1 saturated heterocycles. The molecule has 0 aromatic heterocycles. The maximum Gasteiger partial charge on any atom is 0.245 e. The van der Waals surface area contributed by atoms with Crippen molar-refractivity contribution in [2.24, 2.45) is 5.92 Å². The summed E-state index contributed by atoms with van der Waals surface area (Å²) < 4.78 is 5.40. The Labute approximate surface area is 127 Å². The van der Waals surface area contributed by atoms with Gasteiger partial charge in [0.15, 0.2) is 0 Å². The normalized spacial score (nSPS) is 27.8. The Morgan fingerprint density at radius 2 is 1.90 bits per heavy atom. The Balaban J connectivity index is 2.12. The van der Waals surface area contributed by atoms with E-state index >= 15 is 0 Å².